The summed E-state index contributed by atoms with van der Waals surface area (Å²) in [6.45, 7) is 7.92. The van der Waals surface area contributed by atoms with Crippen molar-refractivity contribution in [1.82, 2.24) is 5.32 Å². The van der Waals surface area contributed by atoms with Crippen LogP contribution in [0, 0.1) is 11.3 Å². The SMILES string of the molecule is CCNC(c1ccc(OC)c2ccccc12)C1CC1(C)C. The molecule has 1 aliphatic rings. The topological polar surface area (TPSA) is 21.3 Å². The van der Waals surface area contributed by atoms with Gasteiger partial charge in [0.25, 0.3) is 0 Å². The summed E-state index contributed by atoms with van der Waals surface area (Å²) >= 11 is 0. The van der Waals surface area contributed by atoms with Gasteiger partial charge in [-0.2, -0.15) is 0 Å². The van der Waals surface area contributed by atoms with E-state index in [1.807, 2.05) is 0 Å². The molecule has 1 fully saturated rings. The first-order valence-corrected chi connectivity index (χ1v) is 7.87. The molecule has 1 saturated carbocycles. The first-order valence-electron chi connectivity index (χ1n) is 7.87. The molecule has 2 nitrogen and oxygen atoms in total. The minimum atomic E-state index is 0.431. The second-order valence-corrected chi connectivity index (χ2v) is 6.74. The van der Waals surface area contributed by atoms with Gasteiger partial charge in [0.2, 0.25) is 0 Å². The van der Waals surface area contributed by atoms with Crippen LogP contribution in [0.5, 0.6) is 5.75 Å². The molecule has 2 atom stereocenters. The predicted octanol–water partition coefficient (Wildman–Crippen LogP) is 4.55. The monoisotopic (exact) mass is 283 g/mol. The summed E-state index contributed by atoms with van der Waals surface area (Å²) < 4.78 is 5.52. The van der Waals surface area contributed by atoms with E-state index in [-0.39, 0.29) is 0 Å². The van der Waals surface area contributed by atoms with E-state index in [0.717, 1.165) is 12.3 Å². The third-order valence-electron chi connectivity index (χ3n) is 4.89. The minimum Gasteiger partial charge on any atom is -0.496 e. The summed E-state index contributed by atoms with van der Waals surface area (Å²) in [5, 5.41) is 6.22. The summed E-state index contributed by atoms with van der Waals surface area (Å²) in [4.78, 5) is 0. The fourth-order valence-corrected chi connectivity index (χ4v) is 3.51. The molecule has 2 unspecified atom stereocenters. The molecule has 0 saturated heterocycles. The Morgan fingerprint density at radius 1 is 1.19 bits per heavy atom. The average Bonchev–Trinajstić information content (AvgIpc) is 3.12. The molecule has 0 aliphatic heterocycles. The number of hydrogen-bond acceptors (Lipinski definition) is 2. The number of hydrogen-bond donors (Lipinski definition) is 1. The Balaban J connectivity index is 2.10. The normalized spacial score (nSPS) is 21.2. The number of nitrogens with one attached hydrogen (secondary N) is 1. The molecule has 3 rings (SSSR count). The molecule has 112 valence electrons. The van der Waals surface area contributed by atoms with Gasteiger partial charge in [0, 0.05) is 11.4 Å². The van der Waals surface area contributed by atoms with Gasteiger partial charge >= 0.3 is 0 Å². The number of rotatable bonds is 5. The highest BCUT2D eigenvalue weighted by atomic mass is 16.5. The standard InChI is InChI=1S/C19H25NO/c1-5-20-18(16-12-19(16,2)3)15-10-11-17(21-4)14-9-7-6-8-13(14)15/h6-11,16,18,20H,5,12H2,1-4H3. The predicted molar refractivity (Wildman–Crippen MR) is 88.8 cm³/mol. The van der Waals surface area contributed by atoms with Crippen LogP contribution in [0.2, 0.25) is 0 Å². The van der Waals surface area contributed by atoms with Gasteiger partial charge in [-0.3, -0.25) is 0 Å². The molecule has 0 aromatic heterocycles. The summed E-state index contributed by atoms with van der Waals surface area (Å²) in [5.74, 6) is 1.67. The summed E-state index contributed by atoms with van der Waals surface area (Å²) in [6.07, 6.45) is 1.30. The van der Waals surface area contributed by atoms with Crippen molar-refractivity contribution in [2.75, 3.05) is 13.7 Å². The number of methoxy groups -OCH3 is 1. The van der Waals surface area contributed by atoms with Crippen molar-refractivity contribution < 1.29 is 4.74 Å². The number of ether oxygens (including phenoxy) is 1. The molecule has 0 radical (unpaired) electrons. The molecule has 0 bridgehead atoms. The van der Waals surface area contributed by atoms with Gasteiger partial charge in [0.05, 0.1) is 7.11 Å². The zero-order valence-corrected chi connectivity index (χ0v) is 13.4. The lowest BCUT2D eigenvalue weighted by atomic mass is 9.92. The van der Waals surface area contributed by atoms with E-state index < -0.39 is 0 Å². The van der Waals surface area contributed by atoms with E-state index in [1.54, 1.807) is 7.11 Å². The fraction of sp³-hybridized carbons (Fsp3) is 0.474. The van der Waals surface area contributed by atoms with Crippen LogP contribution < -0.4 is 10.1 Å². The first-order chi connectivity index (χ1) is 10.1. The lowest BCUT2D eigenvalue weighted by Gasteiger charge is -2.22. The second-order valence-electron chi connectivity index (χ2n) is 6.74. The Morgan fingerprint density at radius 3 is 2.43 bits per heavy atom. The van der Waals surface area contributed by atoms with Crippen molar-refractivity contribution in [3.8, 4) is 5.75 Å². The van der Waals surface area contributed by atoms with E-state index in [2.05, 4.69) is 62.5 Å². The van der Waals surface area contributed by atoms with Crippen LogP contribution in [0.3, 0.4) is 0 Å². The molecule has 1 N–H and O–H groups in total. The van der Waals surface area contributed by atoms with Gasteiger partial charge in [-0.05, 0) is 41.3 Å². The van der Waals surface area contributed by atoms with Crippen molar-refractivity contribution in [1.29, 1.82) is 0 Å². The van der Waals surface area contributed by atoms with Crippen LogP contribution in [0.25, 0.3) is 10.8 Å². The lowest BCUT2D eigenvalue weighted by Crippen LogP contribution is -2.24. The highest BCUT2D eigenvalue weighted by Crippen LogP contribution is 2.58. The van der Waals surface area contributed by atoms with E-state index in [9.17, 15) is 0 Å². The third-order valence-corrected chi connectivity index (χ3v) is 4.89. The van der Waals surface area contributed by atoms with Gasteiger partial charge in [-0.1, -0.05) is 51.1 Å². The van der Waals surface area contributed by atoms with E-state index in [0.29, 0.717) is 17.4 Å². The average molecular weight is 283 g/mol. The summed E-state index contributed by atoms with van der Waals surface area (Å²) in [6, 6.07) is 13.3. The number of benzene rings is 2. The Hall–Kier alpha value is -1.54. The van der Waals surface area contributed by atoms with Crippen LogP contribution >= 0.6 is 0 Å². The molecule has 1 aliphatic carbocycles. The quantitative estimate of drug-likeness (QED) is 0.869. The molecule has 2 aromatic carbocycles. The molecule has 0 heterocycles. The van der Waals surface area contributed by atoms with Crippen LogP contribution in [0.4, 0.5) is 0 Å². The smallest absolute Gasteiger partial charge is 0.126 e. The molecule has 2 aromatic rings. The first kappa shape index (κ1) is 14.4. The second kappa shape index (κ2) is 5.34. The fourth-order valence-electron chi connectivity index (χ4n) is 3.51. The minimum absolute atomic E-state index is 0.431. The molecule has 0 spiro atoms. The van der Waals surface area contributed by atoms with Crippen LogP contribution in [-0.4, -0.2) is 13.7 Å². The molecular formula is C19H25NO. The number of fused-ring (bicyclic) bond motifs is 1. The van der Waals surface area contributed by atoms with Crippen molar-refractivity contribution >= 4 is 10.8 Å². The van der Waals surface area contributed by atoms with Gasteiger partial charge < -0.3 is 10.1 Å². The Bertz CT molecular complexity index is 647. The molecule has 0 amide bonds. The zero-order valence-electron chi connectivity index (χ0n) is 13.4. The van der Waals surface area contributed by atoms with Crippen molar-refractivity contribution in [2.24, 2.45) is 11.3 Å². The maximum absolute atomic E-state index is 5.52. The van der Waals surface area contributed by atoms with Gasteiger partial charge in [-0.25, -0.2) is 0 Å². The third kappa shape index (κ3) is 2.53. The van der Waals surface area contributed by atoms with Crippen molar-refractivity contribution in [3.63, 3.8) is 0 Å². The van der Waals surface area contributed by atoms with E-state index in [4.69, 9.17) is 4.74 Å². The van der Waals surface area contributed by atoms with Crippen molar-refractivity contribution in [3.05, 3.63) is 42.0 Å². The largest absolute Gasteiger partial charge is 0.496 e. The van der Waals surface area contributed by atoms with Gasteiger partial charge in [0.1, 0.15) is 5.75 Å². The van der Waals surface area contributed by atoms with Crippen LogP contribution in [-0.2, 0) is 0 Å². The van der Waals surface area contributed by atoms with Crippen LogP contribution in [0.1, 0.15) is 38.8 Å². The molecule has 21 heavy (non-hydrogen) atoms. The van der Waals surface area contributed by atoms with E-state index in [1.165, 1.54) is 22.8 Å². The summed E-state index contributed by atoms with van der Waals surface area (Å²) in [7, 11) is 1.74. The maximum Gasteiger partial charge on any atom is 0.126 e. The molecule has 2 heteroatoms. The Labute approximate surface area is 127 Å². The van der Waals surface area contributed by atoms with Gasteiger partial charge in [-0.15, -0.1) is 0 Å². The highest BCUT2D eigenvalue weighted by Gasteiger charge is 2.50. The maximum atomic E-state index is 5.52. The molecular weight excluding hydrogens is 258 g/mol. The van der Waals surface area contributed by atoms with E-state index >= 15 is 0 Å². The highest BCUT2D eigenvalue weighted by molar-refractivity contribution is 5.91. The summed E-state index contributed by atoms with van der Waals surface area (Å²) in [5.41, 5.74) is 1.86. The van der Waals surface area contributed by atoms with Crippen LogP contribution in [0.15, 0.2) is 36.4 Å². The Kier molecular flexibility index (Phi) is 3.66. The van der Waals surface area contributed by atoms with Gasteiger partial charge in [0.15, 0.2) is 0 Å². The lowest BCUT2D eigenvalue weighted by molar-refractivity contribution is 0.416. The Morgan fingerprint density at radius 2 is 1.86 bits per heavy atom. The zero-order chi connectivity index (χ0) is 15.0. The van der Waals surface area contributed by atoms with Crippen molar-refractivity contribution in [2.45, 2.75) is 33.2 Å².